The van der Waals surface area contributed by atoms with E-state index in [1.165, 1.54) is 0 Å². The molecule has 2 heterocycles. The Kier molecular flexibility index (Phi) is 5.76. The molecular formula is C30H31NO4. The van der Waals surface area contributed by atoms with E-state index in [1.807, 2.05) is 100 Å². The molecule has 0 radical (unpaired) electrons. The van der Waals surface area contributed by atoms with Gasteiger partial charge in [0.25, 0.3) is 0 Å². The number of carbonyl (C=O) groups excluding carboxylic acids is 2. The Morgan fingerprint density at radius 2 is 1.66 bits per heavy atom. The highest BCUT2D eigenvalue weighted by molar-refractivity contribution is 6.06. The predicted octanol–water partition coefficient (Wildman–Crippen LogP) is 5.40. The number of fused-ring (bicyclic) bond motifs is 1. The van der Waals surface area contributed by atoms with Gasteiger partial charge in [0.05, 0.1) is 11.0 Å². The van der Waals surface area contributed by atoms with Crippen molar-refractivity contribution >= 4 is 11.8 Å². The molecule has 1 fully saturated rings. The second kappa shape index (κ2) is 8.65. The molecule has 5 heteroatoms. The van der Waals surface area contributed by atoms with Gasteiger partial charge >= 0.3 is 5.97 Å². The van der Waals surface area contributed by atoms with Crippen LogP contribution in [0, 0.1) is 12.3 Å². The van der Waals surface area contributed by atoms with Gasteiger partial charge in [-0.25, -0.2) is 0 Å². The standard InChI is InChI=1S/C30H31NO4/c1-19-11-10-14-21(17-19)26-30(18-34-23-16-9-8-15-22(23)27(30)32)24(20-12-6-5-7-13-20)25(31-26)28(33)35-29(2,3)4/h5-17,24-26,31H,18H2,1-4H3/t24-,25+,26+,30+/m1/s1. The molecule has 1 spiro atoms. The fourth-order valence-electron chi connectivity index (χ4n) is 5.60. The van der Waals surface area contributed by atoms with Crippen LogP contribution in [-0.2, 0) is 9.53 Å². The van der Waals surface area contributed by atoms with Crippen LogP contribution in [-0.4, -0.2) is 30.0 Å². The van der Waals surface area contributed by atoms with Gasteiger partial charge in [-0.15, -0.1) is 0 Å². The second-order valence-electron chi connectivity index (χ2n) is 10.6. The van der Waals surface area contributed by atoms with Crippen LogP contribution in [0.5, 0.6) is 5.75 Å². The van der Waals surface area contributed by atoms with Gasteiger partial charge in [-0.2, -0.15) is 0 Å². The van der Waals surface area contributed by atoms with E-state index in [4.69, 9.17) is 9.47 Å². The smallest absolute Gasteiger partial charge is 0.324 e. The normalized spacial score (nSPS) is 25.7. The monoisotopic (exact) mass is 469 g/mol. The summed E-state index contributed by atoms with van der Waals surface area (Å²) < 4.78 is 12.1. The molecule has 3 aromatic rings. The van der Waals surface area contributed by atoms with Crippen LogP contribution in [0.15, 0.2) is 78.9 Å². The van der Waals surface area contributed by atoms with Crippen molar-refractivity contribution in [3.8, 4) is 5.75 Å². The molecule has 0 saturated carbocycles. The van der Waals surface area contributed by atoms with Crippen molar-refractivity contribution in [2.75, 3.05) is 6.61 Å². The first-order valence-corrected chi connectivity index (χ1v) is 12.1. The van der Waals surface area contributed by atoms with Crippen LogP contribution in [0.25, 0.3) is 0 Å². The molecular weight excluding hydrogens is 438 g/mol. The average molecular weight is 470 g/mol. The highest BCUT2D eigenvalue weighted by atomic mass is 16.6. The maximum atomic E-state index is 14.5. The zero-order valence-electron chi connectivity index (χ0n) is 20.6. The van der Waals surface area contributed by atoms with Crippen LogP contribution in [0.4, 0.5) is 0 Å². The summed E-state index contributed by atoms with van der Waals surface area (Å²) in [6.45, 7) is 7.76. The third-order valence-corrected chi connectivity index (χ3v) is 6.97. The quantitative estimate of drug-likeness (QED) is 0.521. The molecule has 35 heavy (non-hydrogen) atoms. The Labute approximate surface area is 206 Å². The van der Waals surface area contributed by atoms with E-state index in [1.54, 1.807) is 0 Å². The lowest BCUT2D eigenvalue weighted by Crippen LogP contribution is -2.48. The number of Topliss-reactive ketones (excluding diaryl/α,β-unsaturated/α-hetero) is 1. The summed E-state index contributed by atoms with van der Waals surface area (Å²) in [5.41, 5.74) is 1.79. The number of hydrogen-bond donors (Lipinski definition) is 1. The maximum absolute atomic E-state index is 14.5. The third-order valence-electron chi connectivity index (χ3n) is 6.97. The fourth-order valence-corrected chi connectivity index (χ4v) is 5.60. The Hall–Kier alpha value is -3.44. The molecule has 5 rings (SSSR count). The Morgan fingerprint density at radius 1 is 0.971 bits per heavy atom. The number of benzene rings is 3. The summed E-state index contributed by atoms with van der Waals surface area (Å²) in [6, 6.07) is 24.1. The second-order valence-corrected chi connectivity index (χ2v) is 10.6. The van der Waals surface area contributed by atoms with Gasteiger partial charge in [-0.3, -0.25) is 14.9 Å². The summed E-state index contributed by atoms with van der Waals surface area (Å²) >= 11 is 0. The molecule has 0 aliphatic carbocycles. The minimum absolute atomic E-state index is 0.0155. The van der Waals surface area contributed by atoms with Gasteiger partial charge in [0.1, 0.15) is 24.0 Å². The van der Waals surface area contributed by atoms with Crippen molar-refractivity contribution < 1.29 is 19.1 Å². The van der Waals surface area contributed by atoms with E-state index < -0.39 is 29.0 Å². The van der Waals surface area contributed by atoms with E-state index in [9.17, 15) is 9.59 Å². The minimum atomic E-state index is -1.04. The topological polar surface area (TPSA) is 64.6 Å². The number of esters is 1. The van der Waals surface area contributed by atoms with E-state index in [-0.39, 0.29) is 18.4 Å². The van der Waals surface area contributed by atoms with Crippen LogP contribution in [0.2, 0.25) is 0 Å². The van der Waals surface area contributed by atoms with Gasteiger partial charge in [0.15, 0.2) is 5.78 Å². The third kappa shape index (κ3) is 4.04. The van der Waals surface area contributed by atoms with Crippen molar-refractivity contribution in [1.29, 1.82) is 0 Å². The highest BCUT2D eigenvalue weighted by Gasteiger charge is 2.64. The molecule has 180 valence electrons. The van der Waals surface area contributed by atoms with Gasteiger partial charge in [-0.05, 0) is 51.0 Å². The first-order valence-electron chi connectivity index (χ1n) is 12.1. The number of para-hydroxylation sites is 1. The number of ketones is 1. The minimum Gasteiger partial charge on any atom is -0.492 e. The lowest BCUT2D eigenvalue weighted by molar-refractivity contribution is -0.157. The van der Waals surface area contributed by atoms with Crippen molar-refractivity contribution in [3.63, 3.8) is 0 Å². The van der Waals surface area contributed by atoms with E-state index in [0.29, 0.717) is 11.3 Å². The Balaban J connectivity index is 1.73. The molecule has 0 aromatic heterocycles. The molecule has 2 aliphatic heterocycles. The van der Waals surface area contributed by atoms with Crippen LogP contribution in [0.1, 0.15) is 59.8 Å². The molecule has 5 nitrogen and oxygen atoms in total. The van der Waals surface area contributed by atoms with Crippen molar-refractivity contribution in [2.45, 2.75) is 51.3 Å². The lowest BCUT2D eigenvalue weighted by atomic mass is 9.62. The molecule has 0 amide bonds. The number of ether oxygens (including phenoxy) is 2. The Bertz CT molecular complexity index is 1260. The lowest BCUT2D eigenvalue weighted by Gasteiger charge is -2.42. The van der Waals surface area contributed by atoms with E-state index in [0.717, 1.165) is 16.7 Å². The zero-order chi connectivity index (χ0) is 24.8. The first-order chi connectivity index (χ1) is 16.7. The van der Waals surface area contributed by atoms with Gasteiger partial charge in [0, 0.05) is 12.0 Å². The molecule has 0 unspecified atom stereocenters. The molecule has 4 atom stereocenters. The van der Waals surface area contributed by atoms with Crippen molar-refractivity contribution in [3.05, 3.63) is 101 Å². The number of rotatable bonds is 3. The number of nitrogens with one attached hydrogen (secondary N) is 1. The average Bonchev–Trinajstić information content (AvgIpc) is 3.17. The summed E-state index contributed by atoms with van der Waals surface area (Å²) in [5, 5.41) is 3.55. The first kappa shape index (κ1) is 23.3. The Morgan fingerprint density at radius 3 is 2.37 bits per heavy atom. The summed E-state index contributed by atoms with van der Waals surface area (Å²) in [5.74, 6) is -0.283. The molecule has 3 aromatic carbocycles. The summed E-state index contributed by atoms with van der Waals surface area (Å²) in [6.07, 6.45) is 0. The molecule has 2 aliphatic rings. The molecule has 1 N–H and O–H groups in total. The van der Waals surface area contributed by atoms with E-state index in [2.05, 4.69) is 11.4 Å². The SMILES string of the molecule is Cc1cccc([C@@H]2N[C@H](C(=O)OC(C)(C)C)[C@@H](c3ccccc3)[C@@]23COc2ccccc2C3=O)c1. The summed E-state index contributed by atoms with van der Waals surface area (Å²) in [4.78, 5) is 28.1. The zero-order valence-corrected chi connectivity index (χ0v) is 20.6. The summed E-state index contributed by atoms with van der Waals surface area (Å²) in [7, 11) is 0. The van der Waals surface area contributed by atoms with Crippen molar-refractivity contribution in [1.82, 2.24) is 5.32 Å². The molecule has 0 bridgehead atoms. The van der Waals surface area contributed by atoms with E-state index >= 15 is 0 Å². The van der Waals surface area contributed by atoms with Gasteiger partial charge in [-0.1, -0.05) is 72.3 Å². The van der Waals surface area contributed by atoms with Crippen LogP contribution in [0.3, 0.4) is 0 Å². The number of carbonyl (C=O) groups is 2. The largest absolute Gasteiger partial charge is 0.492 e. The van der Waals surface area contributed by atoms with Crippen LogP contribution < -0.4 is 10.1 Å². The molecule has 1 saturated heterocycles. The van der Waals surface area contributed by atoms with Crippen molar-refractivity contribution in [2.24, 2.45) is 5.41 Å². The van der Waals surface area contributed by atoms with Crippen LogP contribution >= 0.6 is 0 Å². The predicted molar refractivity (Wildman–Crippen MR) is 135 cm³/mol. The fraction of sp³-hybridized carbons (Fsp3) is 0.333. The van der Waals surface area contributed by atoms with Gasteiger partial charge < -0.3 is 9.47 Å². The highest BCUT2D eigenvalue weighted by Crippen LogP contribution is 2.57. The number of hydrogen-bond acceptors (Lipinski definition) is 5. The van der Waals surface area contributed by atoms with Gasteiger partial charge in [0.2, 0.25) is 0 Å². The number of aryl methyl sites for hydroxylation is 1. The maximum Gasteiger partial charge on any atom is 0.324 e.